The molecule has 1 fully saturated rings. The van der Waals surface area contributed by atoms with Crippen LogP contribution in [0, 0.1) is 0 Å². The van der Waals surface area contributed by atoms with Gasteiger partial charge in [-0.05, 0) is 60.4 Å². The Labute approximate surface area is 182 Å². The predicted molar refractivity (Wildman–Crippen MR) is 113 cm³/mol. The lowest BCUT2D eigenvalue weighted by molar-refractivity contribution is -0.274. The summed E-state index contributed by atoms with van der Waals surface area (Å²) in [5, 5.41) is 4.62. The van der Waals surface area contributed by atoms with Gasteiger partial charge >= 0.3 is 6.36 Å². The minimum Gasteiger partial charge on any atom is -0.406 e. The molecule has 0 N–H and O–H groups in total. The lowest BCUT2D eigenvalue weighted by Gasteiger charge is -2.24. The minimum absolute atomic E-state index is 0.229. The second kappa shape index (κ2) is 8.84. The van der Waals surface area contributed by atoms with Crippen LogP contribution in [-0.2, 0) is 6.42 Å². The summed E-state index contributed by atoms with van der Waals surface area (Å²) >= 11 is 3.47. The van der Waals surface area contributed by atoms with Crippen LogP contribution in [-0.4, -0.2) is 16.1 Å². The van der Waals surface area contributed by atoms with Crippen LogP contribution in [0.2, 0.25) is 0 Å². The molecule has 7 heteroatoms. The van der Waals surface area contributed by atoms with E-state index in [9.17, 15) is 13.2 Å². The zero-order valence-corrected chi connectivity index (χ0v) is 17.9. The molecule has 4 rings (SSSR count). The van der Waals surface area contributed by atoms with Crippen LogP contribution in [0.25, 0.3) is 5.69 Å². The van der Waals surface area contributed by atoms with Gasteiger partial charge in [0.15, 0.2) is 0 Å². The highest BCUT2D eigenvalue weighted by molar-refractivity contribution is 9.10. The molecule has 158 valence electrons. The molecule has 0 radical (unpaired) electrons. The highest BCUT2D eigenvalue weighted by atomic mass is 79.9. The molecule has 0 aliphatic heterocycles. The number of hydrogen-bond acceptors (Lipinski definition) is 2. The van der Waals surface area contributed by atoms with Gasteiger partial charge in [0.25, 0.3) is 0 Å². The Bertz CT molecular complexity index is 975. The maximum atomic E-state index is 12.5. The van der Waals surface area contributed by atoms with Gasteiger partial charge in [-0.25, -0.2) is 4.68 Å². The molecule has 3 aromatic rings. The van der Waals surface area contributed by atoms with Crippen LogP contribution < -0.4 is 4.74 Å². The number of rotatable bonds is 5. The van der Waals surface area contributed by atoms with Crippen molar-refractivity contribution >= 4 is 15.9 Å². The third kappa shape index (κ3) is 5.06. The van der Waals surface area contributed by atoms with Crippen molar-refractivity contribution in [2.75, 3.05) is 0 Å². The van der Waals surface area contributed by atoms with Gasteiger partial charge in [-0.2, -0.15) is 5.10 Å². The van der Waals surface area contributed by atoms with Crippen molar-refractivity contribution in [3.63, 3.8) is 0 Å². The molecule has 1 saturated carbocycles. The Morgan fingerprint density at radius 1 is 0.967 bits per heavy atom. The van der Waals surface area contributed by atoms with Crippen LogP contribution in [0.5, 0.6) is 5.75 Å². The highest BCUT2D eigenvalue weighted by Crippen LogP contribution is 2.36. The smallest absolute Gasteiger partial charge is 0.406 e. The SMILES string of the molecule is FC(F)(F)Oc1ccc(-n2ncc(Cc3ccc(Br)cc3)c2C2CCCCC2)cc1. The summed E-state index contributed by atoms with van der Waals surface area (Å²) in [5.74, 6) is 0.172. The first-order chi connectivity index (χ1) is 14.4. The topological polar surface area (TPSA) is 27.1 Å². The number of halogens is 4. The Hall–Kier alpha value is -2.28. The molecule has 0 amide bonds. The van der Waals surface area contributed by atoms with Gasteiger partial charge in [0.1, 0.15) is 5.75 Å². The van der Waals surface area contributed by atoms with Crippen LogP contribution in [0.3, 0.4) is 0 Å². The van der Waals surface area contributed by atoms with Gasteiger partial charge in [-0.15, -0.1) is 13.2 Å². The summed E-state index contributed by atoms with van der Waals surface area (Å²) in [6, 6.07) is 14.2. The molecular weight excluding hydrogens is 457 g/mol. The Morgan fingerprint density at radius 2 is 1.63 bits per heavy atom. The summed E-state index contributed by atoms with van der Waals surface area (Å²) in [7, 11) is 0. The number of alkyl halides is 3. The fourth-order valence-electron chi connectivity index (χ4n) is 4.16. The number of aromatic nitrogens is 2. The van der Waals surface area contributed by atoms with E-state index in [0.29, 0.717) is 5.92 Å². The summed E-state index contributed by atoms with van der Waals surface area (Å²) in [6.07, 6.45) is 3.80. The normalized spacial score (nSPS) is 15.3. The Balaban J connectivity index is 1.67. The molecule has 1 heterocycles. The van der Waals surface area contributed by atoms with Crippen LogP contribution in [0.1, 0.15) is 54.8 Å². The molecule has 0 saturated heterocycles. The van der Waals surface area contributed by atoms with Crippen molar-refractivity contribution in [2.45, 2.75) is 50.8 Å². The fraction of sp³-hybridized carbons (Fsp3) is 0.348. The lowest BCUT2D eigenvalue weighted by Crippen LogP contribution is -2.17. The van der Waals surface area contributed by atoms with Crippen LogP contribution in [0.15, 0.2) is 59.2 Å². The molecule has 0 spiro atoms. The average Bonchev–Trinajstić information content (AvgIpc) is 3.13. The second-order valence-corrected chi connectivity index (χ2v) is 8.56. The van der Waals surface area contributed by atoms with E-state index in [-0.39, 0.29) is 5.75 Å². The first-order valence-electron chi connectivity index (χ1n) is 10.1. The standard InChI is InChI=1S/C23H22BrF3N2O/c24-19-8-6-16(7-9-19)14-18-15-28-29(22(18)17-4-2-1-3-5-17)20-10-12-21(13-11-20)30-23(25,26)27/h6-13,15,17H,1-5,14H2. The third-order valence-corrected chi connectivity index (χ3v) is 6.03. The predicted octanol–water partition coefficient (Wildman–Crippen LogP) is 7.17. The maximum absolute atomic E-state index is 12.5. The number of ether oxygens (including phenoxy) is 1. The van der Waals surface area contributed by atoms with E-state index < -0.39 is 6.36 Å². The zero-order valence-electron chi connectivity index (χ0n) is 16.3. The van der Waals surface area contributed by atoms with Gasteiger partial charge < -0.3 is 4.74 Å². The summed E-state index contributed by atoms with van der Waals surface area (Å²) in [6.45, 7) is 0. The highest BCUT2D eigenvalue weighted by Gasteiger charge is 2.31. The number of benzene rings is 2. The van der Waals surface area contributed by atoms with Crippen molar-refractivity contribution in [1.29, 1.82) is 0 Å². The van der Waals surface area contributed by atoms with E-state index in [4.69, 9.17) is 0 Å². The zero-order chi connectivity index (χ0) is 21.1. The van der Waals surface area contributed by atoms with E-state index in [1.165, 1.54) is 48.2 Å². The molecule has 1 aliphatic rings. The largest absolute Gasteiger partial charge is 0.573 e. The molecule has 2 aromatic carbocycles. The second-order valence-electron chi connectivity index (χ2n) is 7.65. The van der Waals surface area contributed by atoms with Crippen molar-refractivity contribution in [3.05, 3.63) is 76.0 Å². The van der Waals surface area contributed by atoms with E-state index in [0.717, 1.165) is 29.4 Å². The molecule has 3 nitrogen and oxygen atoms in total. The molecule has 0 unspecified atom stereocenters. The van der Waals surface area contributed by atoms with Crippen LogP contribution >= 0.6 is 15.9 Å². The maximum Gasteiger partial charge on any atom is 0.573 e. The summed E-state index contributed by atoms with van der Waals surface area (Å²) < 4.78 is 44.3. The molecular formula is C23H22BrF3N2O. The van der Waals surface area contributed by atoms with E-state index in [1.54, 1.807) is 12.1 Å². The first kappa shape index (κ1) is 21.0. The van der Waals surface area contributed by atoms with E-state index in [2.05, 4.69) is 37.9 Å². The minimum atomic E-state index is -4.70. The quantitative estimate of drug-likeness (QED) is 0.388. The van der Waals surface area contributed by atoms with Gasteiger partial charge in [0.2, 0.25) is 0 Å². The van der Waals surface area contributed by atoms with Crippen molar-refractivity contribution < 1.29 is 17.9 Å². The van der Waals surface area contributed by atoms with Crippen molar-refractivity contribution in [1.82, 2.24) is 9.78 Å². The summed E-state index contributed by atoms with van der Waals surface area (Å²) in [5.41, 5.74) is 4.28. The average molecular weight is 479 g/mol. The van der Waals surface area contributed by atoms with Gasteiger partial charge in [0.05, 0.1) is 17.6 Å². The van der Waals surface area contributed by atoms with Crippen LogP contribution in [0.4, 0.5) is 13.2 Å². The van der Waals surface area contributed by atoms with E-state index >= 15 is 0 Å². The van der Waals surface area contributed by atoms with E-state index in [1.807, 2.05) is 23.0 Å². The summed E-state index contributed by atoms with van der Waals surface area (Å²) in [4.78, 5) is 0. The fourth-order valence-corrected chi connectivity index (χ4v) is 4.42. The molecule has 30 heavy (non-hydrogen) atoms. The molecule has 0 atom stereocenters. The van der Waals surface area contributed by atoms with Gasteiger partial charge in [-0.1, -0.05) is 47.3 Å². The molecule has 1 aliphatic carbocycles. The first-order valence-corrected chi connectivity index (χ1v) is 10.9. The molecule has 0 bridgehead atoms. The van der Waals surface area contributed by atoms with Gasteiger partial charge in [-0.3, -0.25) is 0 Å². The van der Waals surface area contributed by atoms with Crippen molar-refractivity contribution in [3.8, 4) is 11.4 Å². The van der Waals surface area contributed by atoms with Crippen molar-refractivity contribution in [2.24, 2.45) is 0 Å². The molecule has 1 aromatic heterocycles. The lowest BCUT2D eigenvalue weighted by atomic mass is 9.84. The Morgan fingerprint density at radius 3 is 2.27 bits per heavy atom. The third-order valence-electron chi connectivity index (χ3n) is 5.50. The Kier molecular flexibility index (Phi) is 6.18. The number of nitrogens with zero attached hydrogens (tertiary/aromatic N) is 2. The number of hydrogen-bond donors (Lipinski definition) is 0. The van der Waals surface area contributed by atoms with Gasteiger partial charge in [0, 0.05) is 16.8 Å². The monoisotopic (exact) mass is 478 g/mol.